The molecule has 1 N–H and O–H groups in total. The maximum Gasteiger partial charge on any atom is 0.350 e. The second kappa shape index (κ2) is 10.2. The first-order chi connectivity index (χ1) is 17.0. The first-order valence-corrected chi connectivity index (χ1v) is 11.3. The molecule has 1 aromatic heterocycles. The van der Waals surface area contributed by atoms with Crippen LogP contribution in [0.2, 0.25) is 0 Å². The van der Waals surface area contributed by atoms with Crippen LogP contribution in [0.4, 0.5) is 26.3 Å². The van der Waals surface area contributed by atoms with Crippen molar-refractivity contribution in [1.82, 2.24) is 14.3 Å². The molecule has 0 saturated heterocycles. The van der Waals surface area contributed by atoms with Crippen LogP contribution in [0, 0.1) is 17.0 Å². The summed E-state index contributed by atoms with van der Waals surface area (Å²) in [6.45, 7) is 5.40. The monoisotopic (exact) mass is 531 g/mol. The molecule has 3 rings (SSSR count). The zero-order chi connectivity index (χ0) is 27.8. The molecule has 2 atom stereocenters. The van der Waals surface area contributed by atoms with Crippen molar-refractivity contribution in [2.75, 3.05) is 6.61 Å². The molecule has 0 fully saturated rings. The minimum Gasteiger partial charge on any atom is -0.487 e. The lowest BCUT2D eigenvalue weighted by Gasteiger charge is -2.39. The summed E-state index contributed by atoms with van der Waals surface area (Å²) in [4.78, 5) is 13.2. The molecule has 0 amide bonds. The van der Waals surface area contributed by atoms with E-state index in [1.165, 1.54) is 31.2 Å². The van der Waals surface area contributed by atoms with Crippen molar-refractivity contribution in [2.24, 2.45) is 5.41 Å². The summed E-state index contributed by atoms with van der Waals surface area (Å²) < 4.78 is 85.9. The Kier molecular flexibility index (Phi) is 7.83. The van der Waals surface area contributed by atoms with Crippen LogP contribution in [0.5, 0.6) is 5.75 Å². The van der Waals surface area contributed by atoms with E-state index in [9.17, 15) is 36.2 Å². The van der Waals surface area contributed by atoms with Crippen molar-refractivity contribution >= 4 is 0 Å². The summed E-state index contributed by atoms with van der Waals surface area (Å²) in [5.41, 5.74) is -3.15. The summed E-state index contributed by atoms with van der Waals surface area (Å²) in [5, 5.41) is 15.8. The molecule has 6 nitrogen and oxygen atoms in total. The standard InChI is InChI=1S/C25H27F6N3O3/c1-15(24(36,12-23(2,3)4)19-10-5-16(26)11-20(19)27)34-22(35)33(14-32-34)17-6-8-18(9-7-17)37-13-25(30,31)21(28)29/h5-11,14-15,21,36H,12-13H2,1-4H3/t15?,24-/m1/s1. The fraction of sp³-hybridized carbons (Fsp3) is 0.440. The number of hydrogen-bond donors (Lipinski definition) is 1. The van der Waals surface area contributed by atoms with Gasteiger partial charge in [-0.15, -0.1) is 0 Å². The molecule has 1 heterocycles. The van der Waals surface area contributed by atoms with Gasteiger partial charge in [-0.2, -0.15) is 13.9 Å². The zero-order valence-electron chi connectivity index (χ0n) is 20.6. The number of aliphatic hydroxyl groups is 1. The van der Waals surface area contributed by atoms with Crippen molar-refractivity contribution in [3.05, 3.63) is 76.5 Å². The Morgan fingerprint density at radius 1 is 1.05 bits per heavy atom. The average molecular weight is 531 g/mol. The van der Waals surface area contributed by atoms with Crippen LogP contribution in [0.25, 0.3) is 5.69 Å². The number of nitrogens with zero attached hydrogens (tertiary/aromatic N) is 3. The van der Waals surface area contributed by atoms with E-state index in [-0.39, 0.29) is 23.4 Å². The molecule has 1 unspecified atom stereocenters. The largest absolute Gasteiger partial charge is 0.487 e. The van der Waals surface area contributed by atoms with Crippen LogP contribution in [0.15, 0.2) is 53.6 Å². The molecule has 12 heteroatoms. The van der Waals surface area contributed by atoms with Crippen LogP contribution >= 0.6 is 0 Å². The Hall–Kier alpha value is -3.28. The second-order valence-corrected chi connectivity index (χ2v) is 10.0. The van der Waals surface area contributed by atoms with E-state index in [1.54, 1.807) is 0 Å². The highest BCUT2D eigenvalue weighted by Crippen LogP contribution is 2.43. The first-order valence-electron chi connectivity index (χ1n) is 11.3. The van der Waals surface area contributed by atoms with Gasteiger partial charge in [0.15, 0.2) is 6.61 Å². The maximum atomic E-state index is 14.8. The van der Waals surface area contributed by atoms with E-state index in [4.69, 9.17) is 4.74 Å². The lowest BCUT2D eigenvalue weighted by molar-refractivity contribution is -0.148. The van der Waals surface area contributed by atoms with Crippen LogP contribution in [-0.2, 0) is 5.60 Å². The van der Waals surface area contributed by atoms with E-state index in [0.29, 0.717) is 6.07 Å². The summed E-state index contributed by atoms with van der Waals surface area (Å²) in [6, 6.07) is 6.79. The van der Waals surface area contributed by atoms with Gasteiger partial charge in [-0.3, -0.25) is 0 Å². The van der Waals surface area contributed by atoms with Crippen molar-refractivity contribution in [1.29, 1.82) is 0 Å². The lowest BCUT2D eigenvalue weighted by atomic mass is 9.74. The fourth-order valence-electron chi connectivity index (χ4n) is 4.02. The molecule has 0 aliphatic rings. The minimum absolute atomic E-state index is 0.00168. The van der Waals surface area contributed by atoms with Crippen molar-refractivity contribution in [3.8, 4) is 11.4 Å². The number of rotatable bonds is 9. The molecular weight excluding hydrogens is 504 g/mol. The molecular formula is C25H27F6N3O3. The van der Waals surface area contributed by atoms with Crippen LogP contribution in [-0.4, -0.2) is 38.4 Å². The lowest BCUT2D eigenvalue weighted by Crippen LogP contribution is -2.43. The summed E-state index contributed by atoms with van der Waals surface area (Å²) in [6.07, 6.45) is -2.73. The van der Waals surface area contributed by atoms with Gasteiger partial charge in [0.25, 0.3) is 0 Å². The molecule has 0 aliphatic carbocycles. The molecule has 202 valence electrons. The van der Waals surface area contributed by atoms with Gasteiger partial charge in [-0.05, 0) is 49.1 Å². The van der Waals surface area contributed by atoms with E-state index in [1.807, 2.05) is 20.8 Å². The number of halogens is 6. The second-order valence-electron chi connectivity index (χ2n) is 10.0. The number of hydrogen-bond acceptors (Lipinski definition) is 4. The minimum atomic E-state index is -4.32. The predicted octanol–water partition coefficient (Wildman–Crippen LogP) is 5.48. The van der Waals surface area contributed by atoms with E-state index >= 15 is 0 Å². The molecule has 0 spiro atoms. The smallest absolute Gasteiger partial charge is 0.350 e. The van der Waals surface area contributed by atoms with Crippen molar-refractivity contribution in [3.63, 3.8) is 0 Å². The topological polar surface area (TPSA) is 69.3 Å². The number of alkyl halides is 4. The molecule has 0 saturated carbocycles. The van der Waals surface area contributed by atoms with Gasteiger partial charge in [0.05, 0.1) is 11.7 Å². The van der Waals surface area contributed by atoms with Gasteiger partial charge in [-0.1, -0.05) is 26.8 Å². The molecule has 2 aromatic carbocycles. The van der Waals surface area contributed by atoms with Gasteiger partial charge < -0.3 is 9.84 Å². The number of ether oxygens (including phenoxy) is 1. The Balaban J connectivity index is 1.93. The highest BCUT2D eigenvalue weighted by molar-refractivity contribution is 5.37. The van der Waals surface area contributed by atoms with E-state index in [0.717, 1.165) is 27.7 Å². The van der Waals surface area contributed by atoms with Crippen LogP contribution in [0.3, 0.4) is 0 Å². The van der Waals surface area contributed by atoms with Gasteiger partial charge in [0, 0.05) is 11.6 Å². The molecule has 0 radical (unpaired) electrons. The predicted molar refractivity (Wildman–Crippen MR) is 123 cm³/mol. The van der Waals surface area contributed by atoms with Crippen LogP contribution < -0.4 is 10.4 Å². The fourth-order valence-corrected chi connectivity index (χ4v) is 4.02. The quantitative estimate of drug-likeness (QED) is 0.372. The Labute approximate surface area is 209 Å². The highest BCUT2D eigenvalue weighted by Gasteiger charge is 2.44. The highest BCUT2D eigenvalue weighted by atomic mass is 19.3. The Morgan fingerprint density at radius 2 is 1.68 bits per heavy atom. The number of aromatic nitrogens is 3. The third-order valence-corrected chi connectivity index (χ3v) is 5.81. The molecule has 3 aromatic rings. The SMILES string of the molecule is CC(n1ncn(-c2ccc(OCC(F)(F)C(F)F)cc2)c1=O)[C@](O)(CC(C)(C)C)c1ccc(F)cc1F. The first kappa shape index (κ1) is 28.3. The van der Waals surface area contributed by atoms with Crippen molar-refractivity contribution in [2.45, 2.75) is 58.1 Å². The summed E-state index contributed by atoms with van der Waals surface area (Å²) >= 11 is 0. The molecule has 37 heavy (non-hydrogen) atoms. The molecule has 0 aliphatic heterocycles. The number of benzene rings is 2. The third-order valence-electron chi connectivity index (χ3n) is 5.81. The normalized spacial score (nSPS) is 15.0. The third kappa shape index (κ3) is 6.17. The van der Waals surface area contributed by atoms with Crippen LogP contribution in [0.1, 0.15) is 45.7 Å². The van der Waals surface area contributed by atoms with Gasteiger partial charge in [-0.25, -0.2) is 31.6 Å². The van der Waals surface area contributed by atoms with Gasteiger partial charge in [0.2, 0.25) is 0 Å². The van der Waals surface area contributed by atoms with E-state index < -0.39 is 53.3 Å². The Bertz CT molecular complexity index is 1280. The average Bonchev–Trinajstić information content (AvgIpc) is 3.17. The van der Waals surface area contributed by atoms with Crippen molar-refractivity contribution < 1.29 is 36.2 Å². The zero-order valence-corrected chi connectivity index (χ0v) is 20.6. The summed E-state index contributed by atoms with van der Waals surface area (Å²) in [5.74, 6) is -6.23. The van der Waals surface area contributed by atoms with Gasteiger partial charge in [0.1, 0.15) is 29.3 Å². The molecule has 0 bridgehead atoms. The van der Waals surface area contributed by atoms with E-state index in [2.05, 4.69) is 5.10 Å². The Morgan fingerprint density at radius 3 is 2.22 bits per heavy atom. The van der Waals surface area contributed by atoms with Gasteiger partial charge >= 0.3 is 18.0 Å². The maximum absolute atomic E-state index is 14.8. The summed E-state index contributed by atoms with van der Waals surface area (Å²) in [7, 11) is 0.